The molecule has 0 aromatic carbocycles. The van der Waals surface area contributed by atoms with Crippen LogP contribution in [0.25, 0.3) is 11.0 Å². The molecule has 0 amide bonds. The van der Waals surface area contributed by atoms with Crippen LogP contribution in [0, 0.1) is 0 Å². The molecule has 0 radical (unpaired) electrons. The highest BCUT2D eigenvalue weighted by Crippen LogP contribution is 2.33. The molecule has 4 nitrogen and oxygen atoms in total. The minimum atomic E-state index is 0.148. The summed E-state index contributed by atoms with van der Waals surface area (Å²) < 4.78 is 0.148. The summed E-state index contributed by atoms with van der Waals surface area (Å²) in [5, 5.41) is 0. The minimum Gasteiger partial charge on any atom is -0.368 e. The van der Waals surface area contributed by atoms with Crippen LogP contribution in [0.2, 0.25) is 0 Å². The van der Waals surface area contributed by atoms with Crippen molar-refractivity contribution < 1.29 is 0 Å². The monoisotopic (exact) mass is 276 g/mol. The van der Waals surface area contributed by atoms with Crippen LogP contribution in [0.15, 0.2) is 17.2 Å². The van der Waals surface area contributed by atoms with E-state index in [1.54, 1.807) is 11.8 Å². The predicted molar refractivity (Wildman–Crippen MR) is 81.4 cm³/mol. The average molecular weight is 276 g/mol. The van der Waals surface area contributed by atoms with E-state index >= 15 is 0 Å². The predicted octanol–water partition coefficient (Wildman–Crippen LogP) is 3.62. The normalized spacial score (nSPS) is 12.3. The summed E-state index contributed by atoms with van der Waals surface area (Å²) in [5.74, 6) is 0.595. The molecule has 2 rings (SSSR count). The highest BCUT2D eigenvalue weighted by atomic mass is 32.2. The number of fused-ring (bicyclic) bond motifs is 1. The Kier molecular flexibility index (Phi) is 3.67. The van der Waals surface area contributed by atoms with Crippen molar-refractivity contribution in [3.05, 3.63) is 18.0 Å². The standard InChI is InChI=1S/C14H20N4S/c1-8(2)11-12-10(17-13(15)18-11)6-9(7-16-12)19-14(3,4)5/h6-8H,1-5H3,(H2,15,17,18). The first-order chi connectivity index (χ1) is 8.76. The Hall–Kier alpha value is -1.36. The zero-order chi connectivity index (χ0) is 14.2. The molecular formula is C14H20N4S. The number of pyridine rings is 1. The SMILES string of the molecule is CC(C)c1nc(N)nc2cc(SC(C)(C)C)cnc12. The number of anilines is 1. The molecule has 0 spiro atoms. The van der Waals surface area contributed by atoms with E-state index in [1.807, 2.05) is 12.3 Å². The van der Waals surface area contributed by atoms with Gasteiger partial charge in [-0.05, 0) is 12.0 Å². The summed E-state index contributed by atoms with van der Waals surface area (Å²) in [6.45, 7) is 10.7. The van der Waals surface area contributed by atoms with E-state index < -0.39 is 0 Å². The second-order valence-electron chi connectivity index (χ2n) is 5.87. The lowest BCUT2D eigenvalue weighted by Gasteiger charge is -2.17. The van der Waals surface area contributed by atoms with E-state index in [9.17, 15) is 0 Å². The van der Waals surface area contributed by atoms with E-state index in [-0.39, 0.29) is 10.7 Å². The van der Waals surface area contributed by atoms with Crippen LogP contribution in [0.4, 0.5) is 5.95 Å². The number of thioether (sulfide) groups is 1. The van der Waals surface area contributed by atoms with Crippen LogP contribution in [0.3, 0.4) is 0 Å². The first-order valence-electron chi connectivity index (χ1n) is 6.38. The summed E-state index contributed by atoms with van der Waals surface area (Å²) in [5.41, 5.74) is 8.37. The van der Waals surface area contributed by atoms with Crippen LogP contribution in [-0.4, -0.2) is 19.7 Å². The van der Waals surface area contributed by atoms with Gasteiger partial charge in [0.15, 0.2) is 0 Å². The van der Waals surface area contributed by atoms with Gasteiger partial charge in [0, 0.05) is 15.8 Å². The summed E-state index contributed by atoms with van der Waals surface area (Å²) in [6, 6.07) is 2.04. The topological polar surface area (TPSA) is 64.7 Å². The van der Waals surface area contributed by atoms with Crippen LogP contribution in [0.1, 0.15) is 46.2 Å². The van der Waals surface area contributed by atoms with Crippen LogP contribution >= 0.6 is 11.8 Å². The Morgan fingerprint density at radius 2 is 1.89 bits per heavy atom. The van der Waals surface area contributed by atoms with Crippen molar-refractivity contribution in [2.45, 2.75) is 50.2 Å². The van der Waals surface area contributed by atoms with Crippen molar-refractivity contribution in [1.82, 2.24) is 15.0 Å². The van der Waals surface area contributed by atoms with E-state index in [0.29, 0.717) is 5.95 Å². The zero-order valence-electron chi connectivity index (χ0n) is 12.1. The van der Waals surface area contributed by atoms with Gasteiger partial charge in [0.1, 0.15) is 5.52 Å². The van der Waals surface area contributed by atoms with Crippen LogP contribution in [-0.2, 0) is 0 Å². The molecule has 0 aliphatic heterocycles. The maximum atomic E-state index is 5.78. The van der Waals surface area contributed by atoms with Gasteiger partial charge in [-0.15, -0.1) is 11.8 Å². The molecule has 0 unspecified atom stereocenters. The maximum Gasteiger partial charge on any atom is 0.220 e. The van der Waals surface area contributed by atoms with Gasteiger partial charge in [-0.2, -0.15) is 0 Å². The molecule has 0 aliphatic carbocycles. The van der Waals surface area contributed by atoms with E-state index in [1.165, 1.54) is 0 Å². The molecule has 2 heterocycles. The fourth-order valence-electron chi connectivity index (χ4n) is 1.85. The van der Waals surface area contributed by atoms with Crippen LogP contribution < -0.4 is 5.73 Å². The highest BCUT2D eigenvalue weighted by molar-refractivity contribution is 8.00. The fourth-order valence-corrected chi connectivity index (χ4v) is 2.84. The molecule has 5 heteroatoms. The third-order valence-corrected chi connectivity index (χ3v) is 3.60. The maximum absolute atomic E-state index is 5.78. The Bertz CT molecular complexity index is 602. The Morgan fingerprint density at radius 1 is 1.21 bits per heavy atom. The number of nitrogens with two attached hydrogens (primary N) is 1. The van der Waals surface area contributed by atoms with Crippen molar-refractivity contribution in [3.8, 4) is 0 Å². The van der Waals surface area contributed by atoms with Gasteiger partial charge in [-0.3, -0.25) is 4.98 Å². The lowest BCUT2D eigenvalue weighted by molar-refractivity contribution is 0.802. The number of rotatable bonds is 2. The van der Waals surface area contributed by atoms with Crippen LogP contribution in [0.5, 0.6) is 0 Å². The molecule has 0 aliphatic rings. The largest absolute Gasteiger partial charge is 0.368 e. The second kappa shape index (κ2) is 4.96. The highest BCUT2D eigenvalue weighted by Gasteiger charge is 2.15. The van der Waals surface area contributed by atoms with E-state index in [0.717, 1.165) is 21.6 Å². The lowest BCUT2D eigenvalue weighted by Crippen LogP contribution is -2.07. The van der Waals surface area contributed by atoms with Gasteiger partial charge >= 0.3 is 0 Å². The number of nitrogen functional groups attached to an aromatic ring is 1. The molecule has 2 aromatic rings. The molecule has 0 saturated carbocycles. The average Bonchev–Trinajstić information content (AvgIpc) is 2.24. The summed E-state index contributed by atoms with van der Waals surface area (Å²) in [6.07, 6.45) is 1.89. The molecule has 102 valence electrons. The van der Waals surface area contributed by atoms with Crippen molar-refractivity contribution in [2.24, 2.45) is 0 Å². The summed E-state index contributed by atoms with van der Waals surface area (Å²) in [7, 11) is 0. The molecule has 2 N–H and O–H groups in total. The van der Waals surface area contributed by atoms with Crippen molar-refractivity contribution in [2.75, 3.05) is 5.73 Å². The fraction of sp³-hybridized carbons (Fsp3) is 0.500. The minimum absolute atomic E-state index is 0.148. The molecular weight excluding hydrogens is 256 g/mol. The third-order valence-electron chi connectivity index (χ3n) is 2.53. The Balaban J connectivity index is 2.55. The van der Waals surface area contributed by atoms with Gasteiger partial charge in [0.05, 0.1) is 11.2 Å². The number of hydrogen-bond acceptors (Lipinski definition) is 5. The Labute approximate surface area is 118 Å². The molecule has 0 atom stereocenters. The summed E-state index contributed by atoms with van der Waals surface area (Å²) >= 11 is 1.77. The Morgan fingerprint density at radius 3 is 2.47 bits per heavy atom. The van der Waals surface area contributed by atoms with Gasteiger partial charge in [-0.25, -0.2) is 9.97 Å². The summed E-state index contributed by atoms with van der Waals surface area (Å²) in [4.78, 5) is 14.2. The van der Waals surface area contributed by atoms with Crippen molar-refractivity contribution in [3.63, 3.8) is 0 Å². The smallest absolute Gasteiger partial charge is 0.220 e. The molecule has 0 fully saturated rings. The first-order valence-corrected chi connectivity index (χ1v) is 7.20. The lowest BCUT2D eigenvalue weighted by atomic mass is 10.1. The third kappa shape index (κ3) is 3.35. The number of hydrogen-bond donors (Lipinski definition) is 1. The second-order valence-corrected chi connectivity index (χ2v) is 7.78. The van der Waals surface area contributed by atoms with Gasteiger partial charge in [0.25, 0.3) is 0 Å². The van der Waals surface area contributed by atoms with Gasteiger partial charge in [0.2, 0.25) is 5.95 Å². The molecule has 2 aromatic heterocycles. The zero-order valence-corrected chi connectivity index (χ0v) is 12.9. The first kappa shape index (κ1) is 14.1. The van der Waals surface area contributed by atoms with Gasteiger partial charge in [-0.1, -0.05) is 34.6 Å². The van der Waals surface area contributed by atoms with E-state index in [4.69, 9.17) is 5.73 Å². The van der Waals surface area contributed by atoms with E-state index in [2.05, 4.69) is 49.6 Å². The van der Waals surface area contributed by atoms with Gasteiger partial charge < -0.3 is 5.73 Å². The quantitative estimate of drug-likeness (QED) is 0.849. The number of aromatic nitrogens is 3. The molecule has 19 heavy (non-hydrogen) atoms. The van der Waals surface area contributed by atoms with Crippen molar-refractivity contribution >= 4 is 28.7 Å². The molecule has 0 bridgehead atoms. The van der Waals surface area contributed by atoms with Crippen molar-refractivity contribution in [1.29, 1.82) is 0 Å². The molecule has 0 saturated heterocycles. The number of nitrogens with zero attached hydrogens (tertiary/aromatic N) is 3.